The Kier molecular flexibility index (Phi) is 6.42. The molecule has 3 aromatic rings. The highest BCUT2D eigenvalue weighted by Gasteiger charge is 2.30. The molecule has 0 radical (unpaired) electrons. The number of carbonyl (C=O) groups excluding carboxylic acids is 1. The maximum Gasteiger partial charge on any atom is 0.266 e. The van der Waals surface area contributed by atoms with Crippen LogP contribution < -0.4 is 5.56 Å². The molecule has 0 aromatic carbocycles. The van der Waals surface area contributed by atoms with Gasteiger partial charge >= 0.3 is 0 Å². The van der Waals surface area contributed by atoms with Gasteiger partial charge in [0.25, 0.3) is 5.56 Å². The normalized spacial score (nSPS) is 16.2. The van der Waals surface area contributed by atoms with Crippen molar-refractivity contribution in [3.8, 4) is 0 Å². The van der Waals surface area contributed by atoms with E-state index in [-0.39, 0.29) is 34.2 Å². The Morgan fingerprint density at radius 3 is 2.58 bits per heavy atom. The molecule has 0 bridgehead atoms. The number of hydrogen-bond acceptors (Lipinski definition) is 7. The van der Waals surface area contributed by atoms with E-state index in [0.29, 0.717) is 12.1 Å². The van der Waals surface area contributed by atoms with Gasteiger partial charge in [-0.3, -0.25) is 19.1 Å². The number of ketones is 1. The number of Topliss-reactive ketones (excluding diaryl/α,β-unsaturated/α-hetero) is 1. The van der Waals surface area contributed by atoms with Crippen LogP contribution in [0, 0.1) is 11.7 Å². The lowest BCUT2D eigenvalue weighted by atomic mass is 9.83. The van der Waals surface area contributed by atoms with Crippen LogP contribution in [0.15, 0.2) is 34.5 Å². The third-order valence-electron chi connectivity index (χ3n) is 6.22. The van der Waals surface area contributed by atoms with E-state index in [4.69, 9.17) is 0 Å². The van der Waals surface area contributed by atoms with Gasteiger partial charge in [-0.15, -0.1) is 0 Å². The number of fused-ring (bicyclic) bond motifs is 1. The average Bonchev–Trinajstić information content (AvgIpc) is 3.13. The van der Waals surface area contributed by atoms with Crippen LogP contribution in [0.5, 0.6) is 0 Å². The molecule has 3 heterocycles. The van der Waals surface area contributed by atoms with E-state index in [0.717, 1.165) is 44.6 Å². The Hall–Kier alpha value is -2.95. The minimum Gasteiger partial charge on any atom is -0.297 e. The van der Waals surface area contributed by atoms with Crippen molar-refractivity contribution in [1.29, 1.82) is 0 Å². The number of pyridine rings is 1. The summed E-state index contributed by atoms with van der Waals surface area (Å²) in [4.78, 5) is 35.1. The van der Waals surface area contributed by atoms with E-state index in [1.807, 2.05) is 0 Å². The highest BCUT2D eigenvalue weighted by Crippen LogP contribution is 2.31. The monoisotopic (exact) mass is 475 g/mol. The number of aromatic nitrogens is 5. The van der Waals surface area contributed by atoms with Gasteiger partial charge in [0.05, 0.1) is 18.7 Å². The molecule has 0 amide bonds. The van der Waals surface area contributed by atoms with Crippen molar-refractivity contribution >= 4 is 26.7 Å². The van der Waals surface area contributed by atoms with Crippen LogP contribution in [0.2, 0.25) is 0 Å². The molecule has 1 aliphatic rings. The summed E-state index contributed by atoms with van der Waals surface area (Å²) >= 11 is 0. The summed E-state index contributed by atoms with van der Waals surface area (Å²) in [7, 11) is -2.28. The summed E-state index contributed by atoms with van der Waals surface area (Å²) in [6.45, 7) is 0. The lowest BCUT2D eigenvalue weighted by Crippen LogP contribution is -2.33. The Balaban J connectivity index is 1.78. The van der Waals surface area contributed by atoms with Gasteiger partial charge in [0, 0.05) is 19.0 Å². The van der Waals surface area contributed by atoms with Gasteiger partial charge in [-0.05, 0) is 24.5 Å². The SMILES string of the molecule is Cn1nc(S(C)(=O)=O)c2c(=O)n(C(CC3CCCCC3)C(=O)Cc3ccc(F)cn3)cnc21. The van der Waals surface area contributed by atoms with Crippen LogP contribution in [-0.4, -0.2) is 44.8 Å². The van der Waals surface area contributed by atoms with Crippen LogP contribution >= 0.6 is 0 Å². The quantitative estimate of drug-likeness (QED) is 0.515. The summed E-state index contributed by atoms with van der Waals surface area (Å²) in [6, 6.07) is 1.84. The van der Waals surface area contributed by atoms with Gasteiger partial charge in [0.2, 0.25) is 0 Å². The minimum atomic E-state index is -3.79. The first kappa shape index (κ1) is 23.2. The summed E-state index contributed by atoms with van der Waals surface area (Å²) in [6.07, 6.45) is 8.90. The minimum absolute atomic E-state index is 0.0753. The Labute approximate surface area is 190 Å². The molecule has 1 aliphatic carbocycles. The number of aryl methyl sites for hydroxylation is 1. The van der Waals surface area contributed by atoms with E-state index in [9.17, 15) is 22.4 Å². The molecule has 4 rings (SSSR count). The maximum absolute atomic E-state index is 13.5. The largest absolute Gasteiger partial charge is 0.297 e. The highest BCUT2D eigenvalue weighted by atomic mass is 32.2. The molecular weight excluding hydrogens is 449 g/mol. The van der Waals surface area contributed by atoms with Crippen molar-refractivity contribution in [2.45, 2.75) is 56.0 Å². The first-order chi connectivity index (χ1) is 15.6. The molecule has 11 heteroatoms. The standard InChI is InChI=1S/C22H26FN5O4S/c1-27-20-19(21(26-27)33(2,31)32)22(30)28(13-25-20)17(10-14-6-4-3-5-7-14)18(29)11-16-9-8-15(23)12-24-16/h8-9,12-14,17H,3-7,10-11H2,1-2H3. The van der Waals surface area contributed by atoms with Crippen molar-refractivity contribution in [1.82, 2.24) is 24.3 Å². The maximum atomic E-state index is 13.5. The molecule has 0 aliphatic heterocycles. The summed E-state index contributed by atoms with van der Waals surface area (Å²) in [5.74, 6) is -0.492. The second kappa shape index (κ2) is 9.12. The van der Waals surface area contributed by atoms with Crippen molar-refractivity contribution in [3.05, 3.63) is 46.5 Å². The number of carbonyl (C=O) groups is 1. The number of sulfone groups is 1. The first-order valence-corrected chi connectivity index (χ1v) is 12.8. The second-order valence-electron chi connectivity index (χ2n) is 8.72. The van der Waals surface area contributed by atoms with Gasteiger partial charge in [-0.2, -0.15) is 5.10 Å². The zero-order valence-corrected chi connectivity index (χ0v) is 19.4. The van der Waals surface area contributed by atoms with Crippen LogP contribution in [0.1, 0.15) is 50.3 Å². The van der Waals surface area contributed by atoms with Gasteiger partial charge in [0.1, 0.15) is 17.5 Å². The number of rotatable bonds is 7. The third-order valence-corrected chi connectivity index (χ3v) is 7.21. The molecule has 1 fully saturated rings. The van der Waals surface area contributed by atoms with E-state index in [1.165, 1.54) is 34.8 Å². The van der Waals surface area contributed by atoms with E-state index in [2.05, 4.69) is 15.1 Å². The van der Waals surface area contributed by atoms with Crippen molar-refractivity contribution in [2.24, 2.45) is 13.0 Å². The van der Waals surface area contributed by atoms with Crippen molar-refractivity contribution < 1.29 is 17.6 Å². The van der Waals surface area contributed by atoms with Crippen LogP contribution in [-0.2, 0) is 28.1 Å². The van der Waals surface area contributed by atoms with Gasteiger partial charge in [-0.1, -0.05) is 32.1 Å². The highest BCUT2D eigenvalue weighted by molar-refractivity contribution is 7.90. The smallest absolute Gasteiger partial charge is 0.266 e. The average molecular weight is 476 g/mol. The molecule has 176 valence electrons. The fourth-order valence-corrected chi connectivity index (χ4v) is 5.37. The van der Waals surface area contributed by atoms with E-state index in [1.54, 1.807) is 0 Å². The molecule has 1 atom stereocenters. The van der Waals surface area contributed by atoms with Crippen molar-refractivity contribution in [3.63, 3.8) is 0 Å². The topological polar surface area (TPSA) is 117 Å². The zero-order valence-electron chi connectivity index (χ0n) is 18.6. The fraction of sp³-hybridized carbons (Fsp3) is 0.500. The molecule has 1 unspecified atom stereocenters. The molecule has 33 heavy (non-hydrogen) atoms. The van der Waals surface area contributed by atoms with Gasteiger partial charge in [-0.25, -0.2) is 22.5 Å². The van der Waals surface area contributed by atoms with E-state index < -0.39 is 27.3 Å². The summed E-state index contributed by atoms with van der Waals surface area (Å²) in [5.41, 5.74) is -0.0779. The predicted octanol–water partition coefficient (Wildman–Crippen LogP) is 2.39. The lowest BCUT2D eigenvalue weighted by Gasteiger charge is -2.27. The van der Waals surface area contributed by atoms with Crippen LogP contribution in [0.4, 0.5) is 4.39 Å². The second-order valence-corrected chi connectivity index (χ2v) is 10.7. The molecule has 1 saturated carbocycles. The first-order valence-electron chi connectivity index (χ1n) is 10.9. The van der Waals surface area contributed by atoms with Gasteiger partial charge < -0.3 is 0 Å². The lowest BCUT2D eigenvalue weighted by molar-refractivity contribution is -0.122. The van der Waals surface area contributed by atoms with Crippen LogP contribution in [0.3, 0.4) is 0 Å². The Bertz CT molecular complexity index is 1340. The van der Waals surface area contributed by atoms with Crippen molar-refractivity contribution in [2.75, 3.05) is 6.26 Å². The fourth-order valence-electron chi connectivity index (χ4n) is 4.55. The van der Waals surface area contributed by atoms with Gasteiger partial charge in [0.15, 0.2) is 26.3 Å². The third kappa shape index (κ3) is 4.87. The summed E-state index contributed by atoms with van der Waals surface area (Å²) in [5, 5.41) is 3.51. The molecule has 0 N–H and O–H groups in total. The Morgan fingerprint density at radius 2 is 1.94 bits per heavy atom. The van der Waals surface area contributed by atoms with E-state index >= 15 is 0 Å². The number of halogens is 1. The molecule has 3 aromatic heterocycles. The molecular formula is C22H26FN5O4S. The Morgan fingerprint density at radius 1 is 1.21 bits per heavy atom. The van der Waals surface area contributed by atoms with Crippen LogP contribution in [0.25, 0.3) is 11.0 Å². The predicted molar refractivity (Wildman–Crippen MR) is 119 cm³/mol. The molecule has 9 nitrogen and oxygen atoms in total. The number of nitrogens with zero attached hydrogens (tertiary/aromatic N) is 5. The zero-order chi connectivity index (χ0) is 23.8. The summed E-state index contributed by atoms with van der Waals surface area (Å²) < 4.78 is 40.2. The number of hydrogen-bond donors (Lipinski definition) is 0. The molecule has 0 spiro atoms. The molecule has 0 saturated heterocycles.